The number of amidine groups is 1. The highest BCUT2D eigenvalue weighted by Gasteiger charge is 2.46. The molecular weight excluding hydrogens is 520 g/mol. The van der Waals surface area contributed by atoms with E-state index in [9.17, 15) is 31.1 Å². The lowest BCUT2D eigenvalue weighted by molar-refractivity contribution is -0.187. The first-order valence-corrected chi connectivity index (χ1v) is 13.0. The van der Waals surface area contributed by atoms with Gasteiger partial charge >= 0.3 is 6.18 Å². The molecule has 0 heterocycles. The van der Waals surface area contributed by atoms with Crippen LogP contribution in [0.5, 0.6) is 0 Å². The number of benzene rings is 1. The highest BCUT2D eigenvalue weighted by atomic mass is 35.5. The topological polar surface area (TPSA) is 94.0 Å². The van der Waals surface area contributed by atoms with Crippen LogP contribution in [0.25, 0.3) is 0 Å². The summed E-state index contributed by atoms with van der Waals surface area (Å²) in [5.41, 5.74) is 0.0563. The predicted molar refractivity (Wildman–Crippen MR) is 127 cm³/mol. The van der Waals surface area contributed by atoms with Crippen LogP contribution in [0.4, 0.5) is 23.2 Å². The normalized spacial score (nSPS) is 22.0. The number of aliphatic imine (C=N–C) groups is 1. The first-order chi connectivity index (χ1) is 15.8. The SMILES string of the molecule is C=CSC(=NC)NS(=O)(=O)c1cc(Cl)c(N[C@H]2CC[C@H](C(F)(F)F)C[C@@H]2N(C)CCO)cc1F. The number of thioether (sulfide) groups is 1. The van der Waals surface area contributed by atoms with Crippen molar-refractivity contribution in [2.75, 3.05) is 32.6 Å². The Hall–Kier alpha value is -1.54. The summed E-state index contributed by atoms with van der Waals surface area (Å²) in [7, 11) is -1.40. The maximum Gasteiger partial charge on any atom is 0.391 e. The minimum atomic E-state index is -4.35. The maximum absolute atomic E-state index is 14.8. The minimum absolute atomic E-state index is 0.0242. The van der Waals surface area contributed by atoms with E-state index in [1.165, 1.54) is 12.5 Å². The highest BCUT2D eigenvalue weighted by molar-refractivity contribution is 8.17. The second-order valence-corrected chi connectivity index (χ2v) is 10.8. The number of aliphatic hydroxyl groups excluding tert-OH is 1. The van der Waals surface area contributed by atoms with E-state index in [2.05, 4.69) is 21.6 Å². The summed E-state index contributed by atoms with van der Waals surface area (Å²) in [5, 5.41) is 13.4. The first kappa shape index (κ1) is 28.7. The zero-order valence-electron chi connectivity index (χ0n) is 18.6. The van der Waals surface area contributed by atoms with Gasteiger partial charge in [0.05, 0.1) is 23.2 Å². The number of hydrogen-bond acceptors (Lipinski definition) is 7. The Morgan fingerprint density at radius 1 is 1.41 bits per heavy atom. The number of nitrogens with one attached hydrogen (secondary N) is 2. The molecule has 3 atom stereocenters. The molecule has 1 aliphatic rings. The number of rotatable bonds is 8. The third kappa shape index (κ3) is 7.23. The molecule has 7 nitrogen and oxygen atoms in total. The average molecular weight is 547 g/mol. The molecule has 34 heavy (non-hydrogen) atoms. The Morgan fingerprint density at radius 3 is 2.65 bits per heavy atom. The van der Waals surface area contributed by atoms with E-state index in [0.717, 1.165) is 23.9 Å². The number of hydrogen-bond donors (Lipinski definition) is 3. The number of anilines is 1. The first-order valence-electron chi connectivity index (χ1n) is 10.2. The number of likely N-dealkylation sites (N-methyl/N-ethyl adjacent to an activating group) is 1. The van der Waals surface area contributed by atoms with Crippen molar-refractivity contribution in [2.24, 2.45) is 10.9 Å². The lowest BCUT2D eigenvalue weighted by Gasteiger charge is -2.42. The van der Waals surface area contributed by atoms with Gasteiger partial charge in [-0.15, -0.1) is 0 Å². The van der Waals surface area contributed by atoms with Crippen LogP contribution >= 0.6 is 23.4 Å². The van der Waals surface area contributed by atoms with Crippen LogP contribution in [0.1, 0.15) is 19.3 Å². The van der Waals surface area contributed by atoms with Crippen LogP contribution in [0.3, 0.4) is 0 Å². The Balaban J connectivity index is 2.30. The second-order valence-electron chi connectivity index (χ2n) is 7.76. The summed E-state index contributed by atoms with van der Waals surface area (Å²) in [6.45, 7) is 3.38. The van der Waals surface area contributed by atoms with E-state index >= 15 is 0 Å². The lowest BCUT2D eigenvalue weighted by Crippen LogP contribution is -2.51. The standard InChI is InChI=1S/C20H27ClF4N4O3S2/c1-4-33-19(26-2)28-34(31,32)18-10-13(21)16(11-14(18)22)27-15-6-5-12(20(23,24)25)9-17(15)29(3)7-8-30/h4,10-12,15,17,27,30H,1,5-9H2,2-3H3,(H,26,28)/t12-,15-,17-/m0/s1. The molecule has 3 N–H and O–H groups in total. The van der Waals surface area contributed by atoms with Gasteiger partial charge in [-0.1, -0.05) is 29.9 Å². The highest BCUT2D eigenvalue weighted by Crippen LogP contribution is 2.40. The molecule has 1 aromatic carbocycles. The fourth-order valence-corrected chi connectivity index (χ4v) is 5.93. The Kier molecular flexibility index (Phi) is 10.1. The number of nitrogens with zero attached hydrogens (tertiary/aromatic N) is 2. The predicted octanol–water partition coefficient (Wildman–Crippen LogP) is 4.06. The van der Waals surface area contributed by atoms with Gasteiger partial charge in [0.2, 0.25) is 0 Å². The summed E-state index contributed by atoms with van der Waals surface area (Å²) in [4.78, 5) is 4.66. The molecule has 0 aliphatic heterocycles. The molecule has 0 radical (unpaired) electrons. The van der Waals surface area contributed by atoms with Crippen molar-refractivity contribution in [2.45, 2.75) is 42.4 Å². The van der Waals surface area contributed by atoms with Crippen molar-refractivity contribution in [1.82, 2.24) is 9.62 Å². The minimum Gasteiger partial charge on any atom is -0.395 e. The molecule has 0 spiro atoms. The number of halogens is 5. The van der Waals surface area contributed by atoms with Gasteiger partial charge in [-0.3, -0.25) is 14.6 Å². The number of alkyl halides is 3. The van der Waals surface area contributed by atoms with Crippen molar-refractivity contribution >= 4 is 44.2 Å². The molecule has 1 fully saturated rings. The van der Waals surface area contributed by atoms with Crippen molar-refractivity contribution in [1.29, 1.82) is 0 Å². The summed E-state index contributed by atoms with van der Waals surface area (Å²) in [5.74, 6) is -2.59. The molecule has 0 bridgehead atoms. The Labute approximate surface area is 205 Å². The van der Waals surface area contributed by atoms with Gasteiger partial charge in [0.1, 0.15) is 10.7 Å². The summed E-state index contributed by atoms with van der Waals surface area (Å²) < 4.78 is 82.1. The number of sulfonamides is 1. The second kappa shape index (κ2) is 11.9. The largest absolute Gasteiger partial charge is 0.395 e. The molecule has 0 saturated heterocycles. The molecule has 1 aromatic rings. The van der Waals surface area contributed by atoms with Crippen molar-refractivity contribution in [3.8, 4) is 0 Å². The fraction of sp³-hybridized carbons (Fsp3) is 0.550. The van der Waals surface area contributed by atoms with Crippen LogP contribution in [-0.2, 0) is 10.0 Å². The van der Waals surface area contributed by atoms with Crippen molar-refractivity contribution in [3.05, 3.63) is 35.0 Å². The van der Waals surface area contributed by atoms with E-state index in [4.69, 9.17) is 11.6 Å². The molecule has 0 unspecified atom stereocenters. The van der Waals surface area contributed by atoms with Gasteiger partial charge in [0.25, 0.3) is 10.0 Å². The molecule has 2 rings (SSSR count). The van der Waals surface area contributed by atoms with Gasteiger partial charge in [-0.25, -0.2) is 12.8 Å². The zero-order valence-corrected chi connectivity index (χ0v) is 21.0. The lowest BCUT2D eigenvalue weighted by atomic mass is 9.81. The van der Waals surface area contributed by atoms with E-state index in [0.29, 0.717) is 0 Å². The smallest absolute Gasteiger partial charge is 0.391 e. The van der Waals surface area contributed by atoms with Crippen LogP contribution in [0.2, 0.25) is 5.02 Å². The maximum atomic E-state index is 14.8. The van der Waals surface area contributed by atoms with Crippen LogP contribution in [-0.4, -0.2) is 69.1 Å². The Bertz CT molecular complexity index is 1010. The van der Waals surface area contributed by atoms with Crippen LogP contribution < -0.4 is 10.0 Å². The van der Waals surface area contributed by atoms with Gasteiger partial charge in [0, 0.05) is 25.7 Å². The fourth-order valence-electron chi connectivity index (χ4n) is 3.84. The molecule has 14 heteroatoms. The summed E-state index contributed by atoms with van der Waals surface area (Å²) in [6, 6.07) is 0.687. The van der Waals surface area contributed by atoms with Crippen molar-refractivity contribution in [3.63, 3.8) is 0 Å². The van der Waals surface area contributed by atoms with E-state index in [-0.39, 0.29) is 48.3 Å². The molecule has 1 saturated carbocycles. The zero-order chi connectivity index (χ0) is 25.7. The van der Waals surface area contributed by atoms with E-state index in [1.54, 1.807) is 11.9 Å². The Morgan fingerprint density at radius 2 is 2.09 bits per heavy atom. The van der Waals surface area contributed by atoms with Gasteiger partial charge in [-0.2, -0.15) is 13.2 Å². The van der Waals surface area contributed by atoms with Gasteiger partial charge in [-0.05, 0) is 43.9 Å². The van der Waals surface area contributed by atoms with Crippen LogP contribution in [0, 0.1) is 11.7 Å². The molecular formula is C20H27ClF4N4O3S2. The van der Waals surface area contributed by atoms with E-state index in [1.807, 2.05) is 0 Å². The summed E-state index contributed by atoms with van der Waals surface area (Å²) in [6.07, 6.45) is -4.55. The quantitative estimate of drug-likeness (QED) is 0.259. The third-order valence-corrected chi connectivity index (χ3v) is 8.04. The summed E-state index contributed by atoms with van der Waals surface area (Å²) >= 11 is 7.14. The molecule has 0 amide bonds. The van der Waals surface area contributed by atoms with Crippen LogP contribution in [0.15, 0.2) is 34.0 Å². The molecule has 192 valence electrons. The monoisotopic (exact) mass is 546 g/mol. The average Bonchev–Trinajstić information content (AvgIpc) is 2.75. The van der Waals surface area contributed by atoms with E-state index < -0.39 is 44.9 Å². The third-order valence-electron chi connectivity index (χ3n) is 5.57. The molecule has 0 aromatic heterocycles. The number of aliphatic hydroxyl groups is 1. The van der Waals surface area contributed by atoms with Gasteiger partial charge in [0.15, 0.2) is 5.17 Å². The van der Waals surface area contributed by atoms with Gasteiger partial charge < -0.3 is 10.4 Å². The van der Waals surface area contributed by atoms with Crippen molar-refractivity contribution < 1.29 is 31.1 Å². The molecule has 1 aliphatic carbocycles.